The first kappa shape index (κ1) is 24.1. The average molecular weight is 492 g/mol. The SMILES string of the molecule is O=c1c2cc(-c3cccc(F)c3)ccc2nc(-c2ccc(OCCO)cc2F)n1CC1CCCNC1. The molecule has 3 aromatic carbocycles. The Bertz CT molecular complexity index is 1450. The molecule has 1 saturated heterocycles. The number of aromatic nitrogens is 2. The third-order valence-corrected chi connectivity index (χ3v) is 6.49. The first-order valence-corrected chi connectivity index (χ1v) is 12.1. The van der Waals surface area contributed by atoms with E-state index in [1.54, 1.807) is 47.0 Å². The molecule has 36 heavy (non-hydrogen) atoms. The summed E-state index contributed by atoms with van der Waals surface area (Å²) in [5.74, 6) is -0.177. The van der Waals surface area contributed by atoms with E-state index in [2.05, 4.69) is 5.32 Å². The molecule has 6 nitrogen and oxygen atoms in total. The topological polar surface area (TPSA) is 76.4 Å². The van der Waals surface area contributed by atoms with Gasteiger partial charge >= 0.3 is 0 Å². The molecule has 0 bridgehead atoms. The maximum atomic E-state index is 15.2. The number of fused-ring (bicyclic) bond motifs is 1. The first-order valence-electron chi connectivity index (χ1n) is 12.1. The molecule has 0 spiro atoms. The zero-order chi connectivity index (χ0) is 25.1. The van der Waals surface area contributed by atoms with Crippen LogP contribution in [0.1, 0.15) is 12.8 Å². The van der Waals surface area contributed by atoms with E-state index < -0.39 is 5.82 Å². The predicted octanol–water partition coefficient (Wildman–Crippen LogP) is 4.38. The van der Waals surface area contributed by atoms with Gasteiger partial charge in [-0.05, 0) is 79.4 Å². The number of hydrogen-bond donors (Lipinski definition) is 2. The van der Waals surface area contributed by atoms with E-state index in [-0.39, 0.29) is 47.6 Å². The highest BCUT2D eigenvalue weighted by Gasteiger charge is 2.21. The number of aliphatic hydroxyl groups excluding tert-OH is 1. The Morgan fingerprint density at radius 3 is 2.69 bits per heavy atom. The van der Waals surface area contributed by atoms with Gasteiger partial charge in [-0.15, -0.1) is 0 Å². The molecule has 0 aliphatic carbocycles. The lowest BCUT2D eigenvalue weighted by molar-refractivity contribution is 0.201. The van der Waals surface area contributed by atoms with Crippen LogP contribution in [0.3, 0.4) is 0 Å². The molecule has 0 saturated carbocycles. The molecular weight excluding hydrogens is 464 g/mol. The van der Waals surface area contributed by atoms with E-state index in [0.717, 1.165) is 25.9 Å². The average Bonchev–Trinajstić information content (AvgIpc) is 2.89. The van der Waals surface area contributed by atoms with E-state index >= 15 is 4.39 Å². The zero-order valence-electron chi connectivity index (χ0n) is 19.7. The molecule has 0 amide bonds. The van der Waals surface area contributed by atoms with Crippen LogP contribution in [0, 0.1) is 17.6 Å². The lowest BCUT2D eigenvalue weighted by Crippen LogP contribution is -2.35. The minimum atomic E-state index is -0.566. The number of rotatable bonds is 7. The monoisotopic (exact) mass is 491 g/mol. The molecule has 0 radical (unpaired) electrons. The number of hydrogen-bond acceptors (Lipinski definition) is 5. The van der Waals surface area contributed by atoms with Crippen LogP contribution in [0.15, 0.2) is 65.5 Å². The molecule has 5 rings (SSSR count). The van der Waals surface area contributed by atoms with Gasteiger partial charge in [0.05, 0.1) is 23.1 Å². The van der Waals surface area contributed by atoms with Crippen LogP contribution in [0.5, 0.6) is 5.75 Å². The van der Waals surface area contributed by atoms with Crippen molar-refractivity contribution < 1.29 is 18.6 Å². The van der Waals surface area contributed by atoms with Crippen molar-refractivity contribution >= 4 is 10.9 Å². The molecule has 1 aliphatic heterocycles. The molecule has 1 aromatic heterocycles. The third-order valence-electron chi connectivity index (χ3n) is 6.49. The lowest BCUT2D eigenvalue weighted by Gasteiger charge is -2.25. The van der Waals surface area contributed by atoms with Crippen LogP contribution >= 0.6 is 0 Å². The second-order valence-electron chi connectivity index (χ2n) is 9.02. The van der Waals surface area contributed by atoms with Crippen molar-refractivity contribution in [3.05, 3.63) is 82.7 Å². The number of ether oxygens (including phenoxy) is 1. The smallest absolute Gasteiger partial charge is 0.261 e. The maximum absolute atomic E-state index is 15.2. The third kappa shape index (κ3) is 5.01. The molecule has 4 aromatic rings. The van der Waals surface area contributed by atoms with E-state index in [4.69, 9.17) is 14.8 Å². The fraction of sp³-hybridized carbons (Fsp3) is 0.286. The fourth-order valence-corrected chi connectivity index (χ4v) is 4.71. The second-order valence-corrected chi connectivity index (χ2v) is 9.02. The summed E-state index contributed by atoms with van der Waals surface area (Å²) >= 11 is 0. The minimum absolute atomic E-state index is 0.0556. The van der Waals surface area contributed by atoms with Gasteiger partial charge in [-0.25, -0.2) is 13.8 Å². The van der Waals surface area contributed by atoms with Gasteiger partial charge in [0, 0.05) is 12.6 Å². The summed E-state index contributed by atoms with van der Waals surface area (Å²) in [5.41, 5.74) is 1.74. The zero-order valence-corrected chi connectivity index (χ0v) is 19.7. The first-order chi connectivity index (χ1) is 17.5. The van der Waals surface area contributed by atoms with E-state index in [1.165, 1.54) is 18.2 Å². The van der Waals surface area contributed by atoms with E-state index in [9.17, 15) is 9.18 Å². The highest BCUT2D eigenvalue weighted by atomic mass is 19.1. The fourth-order valence-electron chi connectivity index (χ4n) is 4.71. The van der Waals surface area contributed by atoms with Crippen molar-refractivity contribution in [2.45, 2.75) is 19.4 Å². The molecule has 186 valence electrons. The number of nitrogens with one attached hydrogen (secondary N) is 1. The lowest BCUT2D eigenvalue weighted by atomic mass is 9.99. The summed E-state index contributed by atoms with van der Waals surface area (Å²) in [5, 5.41) is 12.7. The summed E-state index contributed by atoms with van der Waals surface area (Å²) in [6.45, 7) is 1.98. The van der Waals surface area contributed by atoms with Crippen molar-refractivity contribution in [3.8, 4) is 28.3 Å². The van der Waals surface area contributed by atoms with Gasteiger partial charge in [-0.3, -0.25) is 9.36 Å². The van der Waals surface area contributed by atoms with Gasteiger partial charge in [0.25, 0.3) is 5.56 Å². The molecule has 1 fully saturated rings. The normalized spacial score (nSPS) is 15.8. The Balaban J connectivity index is 1.64. The predicted molar refractivity (Wildman–Crippen MR) is 135 cm³/mol. The number of nitrogens with zero attached hydrogens (tertiary/aromatic N) is 2. The number of benzene rings is 3. The van der Waals surface area contributed by atoms with Crippen LogP contribution in [-0.4, -0.2) is 41.0 Å². The van der Waals surface area contributed by atoms with Gasteiger partial charge in [-0.2, -0.15) is 0 Å². The Morgan fingerprint density at radius 2 is 1.94 bits per heavy atom. The highest BCUT2D eigenvalue weighted by molar-refractivity contribution is 5.85. The Hall–Kier alpha value is -3.62. The van der Waals surface area contributed by atoms with Crippen molar-refractivity contribution in [1.29, 1.82) is 0 Å². The quantitative estimate of drug-likeness (QED) is 0.401. The Labute approximate surface area is 207 Å². The molecule has 2 N–H and O–H groups in total. The van der Waals surface area contributed by atoms with Gasteiger partial charge in [0.1, 0.15) is 29.8 Å². The molecule has 2 heterocycles. The van der Waals surface area contributed by atoms with Gasteiger partial charge in [0.15, 0.2) is 0 Å². The summed E-state index contributed by atoms with van der Waals surface area (Å²) < 4.78 is 35.9. The number of halogens is 2. The van der Waals surface area contributed by atoms with Crippen LogP contribution in [0.25, 0.3) is 33.4 Å². The minimum Gasteiger partial charge on any atom is -0.491 e. The number of aliphatic hydroxyl groups is 1. The van der Waals surface area contributed by atoms with Gasteiger partial charge in [-0.1, -0.05) is 18.2 Å². The van der Waals surface area contributed by atoms with Gasteiger partial charge in [0.2, 0.25) is 0 Å². The van der Waals surface area contributed by atoms with E-state index in [0.29, 0.717) is 28.6 Å². The summed E-state index contributed by atoms with van der Waals surface area (Å²) in [6, 6.07) is 15.8. The van der Waals surface area contributed by atoms with Crippen molar-refractivity contribution in [2.75, 3.05) is 26.3 Å². The summed E-state index contributed by atoms with van der Waals surface area (Å²) in [7, 11) is 0. The molecule has 1 aliphatic rings. The van der Waals surface area contributed by atoms with E-state index in [1.807, 2.05) is 0 Å². The van der Waals surface area contributed by atoms with Crippen LogP contribution in [0.4, 0.5) is 8.78 Å². The standard InChI is InChI=1S/C28H27F2N3O3/c29-21-5-1-4-19(13-21)20-6-9-26-24(14-20)28(35)33(17-18-3-2-10-31-16-18)27(32-26)23-8-7-22(15-25(23)30)36-12-11-34/h1,4-9,13-15,18,31,34H,2-3,10-12,16-17H2. The Morgan fingerprint density at radius 1 is 1.08 bits per heavy atom. The van der Waals surface area contributed by atoms with Crippen LogP contribution < -0.4 is 15.6 Å². The van der Waals surface area contributed by atoms with Crippen molar-refractivity contribution in [3.63, 3.8) is 0 Å². The van der Waals surface area contributed by atoms with Gasteiger partial charge < -0.3 is 15.2 Å². The molecular formula is C28H27F2N3O3. The summed E-state index contributed by atoms with van der Waals surface area (Å²) in [6.07, 6.45) is 1.96. The number of piperidine rings is 1. The molecule has 8 heteroatoms. The van der Waals surface area contributed by atoms with Crippen molar-refractivity contribution in [1.82, 2.24) is 14.9 Å². The van der Waals surface area contributed by atoms with Crippen LogP contribution in [-0.2, 0) is 6.54 Å². The van der Waals surface area contributed by atoms with Crippen molar-refractivity contribution in [2.24, 2.45) is 5.92 Å². The summed E-state index contributed by atoms with van der Waals surface area (Å²) in [4.78, 5) is 18.5. The molecule has 1 atom stereocenters. The highest BCUT2D eigenvalue weighted by Crippen LogP contribution is 2.29. The van der Waals surface area contributed by atoms with Crippen LogP contribution in [0.2, 0.25) is 0 Å². The second kappa shape index (κ2) is 10.6. The Kier molecular flexibility index (Phi) is 7.06. The maximum Gasteiger partial charge on any atom is 0.261 e. The largest absolute Gasteiger partial charge is 0.491 e. The molecule has 1 unspecified atom stereocenters.